The van der Waals surface area contributed by atoms with Crippen molar-refractivity contribution in [2.24, 2.45) is 5.92 Å². The van der Waals surface area contributed by atoms with Crippen LogP contribution in [0.4, 0.5) is 4.39 Å². The molecule has 0 radical (unpaired) electrons. The van der Waals surface area contributed by atoms with Crippen LogP contribution in [0.5, 0.6) is 0 Å². The molecule has 0 N–H and O–H groups in total. The van der Waals surface area contributed by atoms with Crippen molar-refractivity contribution in [3.8, 4) is 0 Å². The van der Waals surface area contributed by atoms with Gasteiger partial charge < -0.3 is 4.74 Å². The number of benzene rings is 1. The third kappa shape index (κ3) is 3.44. The molecule has 1 aromatic carbocycles. The van der Waals surface area contributed by atoms with Crippen molar-refractivity contribution in [2.75, 3.05) is 26.8 Å². The highest BCUT2D eigenvalue weighted by Gasteiger charge is 2.32. The number of halogens is 1. The van der Waals surface area contributed by atoms with Crippen molar-refractivity contribution >= 4 is 10.0 Å². The first kappa shape index (κ1) is 16.4. The monoisotopic (exact) mass is 315 g/mol. The summed E-state index contributed by atoms with van der Waals surface area (Å²) in [5.74, 6) is -0.181. The molecule has 0 spiro atoms. The van der Waals surface area contributed by atoms with E-state index in [2.05, 4.69) is 0 Å². The Morgan fingerprint density at radius 3 is 2.52 bits per heavy atom. The number of piperidine rings is 1. The Bertz CT molecular complexity index is 590. The molecule has 1 fully saturated rings. The van der Waals surface area contributed by atoms with Gasteiger partial charge in [-0.3, -0.25) is 0 Å². The van der Waals surface area contributed by atoms with E-state index in [0.29, 0.717) is 30.8 Å². The molecule has 0 aromatic heterocycles. The molecular weight excluding hydrogens is 293 g/mol. The van der Waals surface area contributed by atoms with Crippen molar-refractivity contribution < 1.29 is 17.5 Å². The summed E-state index contributed by atoms with van der Waals surface area (Å²) >= 11 is 0. The zero-order valence-electron chi connectivity index (χ0n) is 12.7. The lowest BCUT2D eigenvalue weighted by atomic mass is 10.0. The highest BCUT2D eigenvalue weighted by Crippen LogP contribution is 2.28. The zero-order chi connectivity index (χ0) is 15.6. The van der Waals surface area contributed by atoms with Crippen LogP contribution in [-0.4, -0.2) is 39.5 Å². The second kappa shape index (κ2) is 6.42. The molecule has 1 aliphatic rings. The SMILES string of the molecule is COCC1CCCN(S(=O)(=O)c2c(C)cc(F)cc2C)C1. The van der Waals surface area contributed by atoms with Crippen molar-refractivity contribution in [2.45, 2.75) is 31.6 Å². The molecule has 118 valence electrons. The van der Waals surface area contributed by atoms with Gasteiger partial charge in [-0.15, -0.1) is 0 Å². The van der Waals surface area contributed by atoms with E-state index in [0.717, 1.165) is 12.8 Å². The first-order valence-electron chi connectivity index (χ1n) is 7.12. The van der Waals surface area contributed by atoms with E-state index in [4.69, 9.17) is 4.74 Å². The third-order valence-corrected chi connectivity index (χ3v) is 6.08. The van der Waals surface area contributed by atoms with Crippen LogP contribution in [0.1, 0.15) is 24.0 Å². The number of methoxy groups -OCH3 is 1. The normalized spacial score (nSPS) is 20.7. The topological polar surface area (TPSA) is 46.6 Å². The molecule has 6 heteroatoms. The van der Waals surface area contributed by atoms with E-state index in [9.17, 15) is 12.8 Å². The molecule has 0 saturated carbocycles. The molecule has 21 heavy (non-hydrogen) atoms. The predicted octanol–water partition coefficient (Wildman–Crippen LogP) is 2.49. The minimum Gasteiger partial charge on any atom is -0.384 e. The Balaban J connectivity index is 2.34. The van der Waals surface area contributed by atoms with Gasteiger partial charge in [-0.2, -0.15) is 4.31 Å². The van der Waals surface area contributed by atoms with Crippen LogP contribution in [-0.2, 0) is 14.8 Å². The smallest absolute Gasteiger partial charge is 0.243 e. The summed E-state index contributed by atoms with van der Waals surface area (Å²) in [4.78, 5) is 0.238. The highest BCUT2D eigenvalue weighted by atomic mass is 32.2. The Morgan fingerprint density at radius 2 is 1.95 bits per heavy atom. The fourth-order valence-corrected chi connectivity index (χ4v) is 5.02. The quantitative estimate of drug-likeness (QED) is 0.857. The van der Waals surface area contributed by atoms with Gasteiger partial charge in [0.15, 0.2) is 0 Å². The number of sulfonamides is 1. The average Bonchev–Trinajstić information content (AvgIpc) is 2.37. The van der Waals surface area contributed by atoms with Crippen molar-refractivity contribution in [1.29, 1.82) is 0 Å². The summed E-state index contributed by atoms with van der Waals surface area (Å²) < 4.78 is 45.7. The Hall–Kier alpha value is -0.980. The van der Waals surface area contributed by atoms with E-state index in [1.165, 1.54) is 16.4 Å². The van der Waals surface area contributed by atoms with Crippen LogP contribution >= 0.6 is 0 Å². The Labute approximate surface area is 126 Å². The number of aryl methyl sites for hydroxylation is 2. The molecule has 2 rings (SSSR count). The average molecular weight is 315 g/mol. The fourth-order valence-electron chi connectivity index (χ4n) is 3.05. The standard InChI is InChI=1S/C15H22FNO3S/c1-11-7-14(16)8-12(2)15(11)21(18,19)17-6-4-5-13(9-17)10-20-3/h7-8,13H,4-6,9-10H2,1-3H3. The summed E-state index contributed by atoms with van der Waals surface area (Å²) in [6.45, 7) is 4.82. The van der Waals surface area contributed by atoms with Crippen LogP contribution in [0, 0.1) is 25.6 Å². The van der Waals surface area contributed by atoms with Crippen LogP contribution in [0.15, 0.2) is 17.0 Å². The predicted molar refractivity (Wildman–Crippen MR) is 79.2 cm³/mol. The molecule has 1 unspecified atom stereocenters. The largest absolute Gasteiger partial charge is 0.384 e. The lowest BCUT2D eigenvalue weighted by Crippen LogP contribution is -2.41. The maximum absolute atomic E-state index is 13.4. The van der Waals surface area contributed by atoms with Gasteiger partial charge in [0.25, 0.3) is 0 Å². The lowest BCUT2D eigenvalue weighted by Gasteiger charge is -2.32. The second-order valence-electron chi connectivity index (χ2n) is 5.70. The van der Waals surface area contributed by atoms with Gasteiger partial charge in [0.05, 0.1) is 11.5 Å². The maximum atomic E-state index is 13.4. The van der Waals surface area contributed by atoms with Gasteiger partial charge >= 0.3 is 0 Å². The fraction of sp³-hybridized carbons (Fsp3) is 0.600. The molecule has 1 heterocycles. The number of ether oxygens (including phenoxy) is 1. The zero-order valence-corrected chi connectivity index (χ0v) is 13.5. The van der Waals surface area contributed by atoms with Crippen LogP contribution in [0.3, 0.4) is 0 Å². The molecule has 0 aliphatic carbocycles. The van der Waals surface area contributed by atoms with Crippen molar-refractivity contribution in [3.05, 3.63) is 29.1 Å². The maximum Gasteiger partial charge on any atom is 0.243 e. The van der Waals surface area contributed by atoms with E-state index in [1.807, 2.05) is 0 Å². The molecule has 1 saturated heterocycles. The van der Waals surface area contributed by atoms with E-state index < -0.39 is 15.8 Å². The van der Waals surface area contributed by atoms with Crippen molar-refractivity contribution in [3.63, 3.8) is 0 Å². The van der Waals surface area contributed by atoms with Crippen LogP contribution in [0.25, 0.3) is 0 Å². The number of nitrogens with zero attached hydrogens (tertiary/aromatic N) is 1. The number of hydrogen-bond acceptors (Lipinski definition) is 3. The van der Waals surface area contributed by atoms with Gasteiger partial charge in [-0.05, 0) is 55.9 Å². The van der Waals surface area contributed by atoms with Crippen molar-refractivity contribution in [1.82, 2.24) is 4.31 Å². The highest BCUT2D eigenvalue weighted by molar-refractivity contribution is 7.89. The van der Waals surface area contributed by atoms with E-state index >= 15 is 0 Å². The summed E-state index contributed by atoms with van der Waals surface area (Å²) in [5.41, 5.74) is 0.919. The molecule has 1 aromatic rings. The molecule has 0 amide bonds. The van der Waals surface area contributed by atoms with Gasteiger partial charge in [0, 0.05) is 20.2 Å². The molecule has 0 bridgehead atoms. The second-order valence-corrected chi connectivity index (χ2v) is 7.57. The summed E-state index contributed by atoms with van der Waals surface area (Å²) in [6, 6.07) is 2.55. The van der Waals surface area contributed by atoms with Crippen LogP contribution < -0.4 is 0 Å². The first-order valence-corrected chi connectivity index (χ1v) is 8.56. The van der Waals surface area contributed by atoms with Gasteiger partial charge in [-0.1, -0.05) is 0 Å². The van der Waals surface area contributed by atoms with Crippen LogP contribution in [0.2, 0.25) is 0 Å². The number of rotatable bonds is 4. The minimum atomic E-state index is -3.58. The Morgan fingerprint density at radius 1 is 1.33 bits per heavy atom. The molecular formula is C15H22FNO3S. The molecule has 4 nitrogen and oxygen atoms in total. The van der Waals surface area contributed by atoms with E-state index in [1.54, 1.807) is 21.0 Å². The summed E-state index contributed by atoms with van der Waals surface area (Å²) in [5, 5.41) is 0. The van der Waals surface area contributed by atoms with E-state index in [-0.39, 0.29) is 10.8 Å². The first-order chi connectivity index (χ1) is 9.86. The third-order valence-electron chi connectivity index (χ3n) is 3.91. The van der Waals surface area contributed by atoms with Gasteiger partial charge in [0.2, 0.25) is 10.0 Å². The minimum absolute atomic E-state index is 0.222. The summed E-state index contributed by atoms with van der Waals surface area (Å²) in [7, 11) is -1.95. The van der Waals surface area contributed by atoms with Gasteiger partial charge in [-0.25, -0.2) is 12.8 Å². The van der Waals surface area contributed by atoms with Gasteiger partial charge in [0.1, 0.15) is 5.82 Å². The number of hydrogen-bond donors (Lipinski definition) is 0. The lowest BCUT2D eigenvalue weighted by molar-refractivity contribution is 0.118. The molecule has 1 aliphatic heterocycles. The summed E-state index contributed by atoms with van der Waals surface area (Å²) in [6.07, 6.45) is 1.80. The Kier molecular flexibility index (Phi) is 5.01. The molecule has 1 atom stereocenters.